The first-order valence-electron chi connectivity index (χ1n) is 7.60. The minimum atomic E-state index is -0.622. The molecule has 1 aromatic heterocycles. The molecule has 3 N–H and O–H groups in total. The molecule has 2 aromatic rings. The number of hydrogen-bond donors (Lipinski definition) is 2. The van der Waals surface area contributed by atoms with Crippen molar-refractivity contribution in [2.24, 2.45) is 5.73 Å². The summed E-state index contributed by atoms with van der Waals surface area (Å²) in [6.45, 7) is 7.62. The van der Waals surface area contributed by atoms with Crippen LogP contribution in [0.2, 0.25) is 0 Å². The number of carbonyl (C=O) groups excluding carboxylic acids is 1. The Balaban J connectivity index is 2.14. The number of imidazole rings is 1. The van der Waals surface area contributed by atoms with Crippen molar-refractivity contribution >= 4 is 22.5 Å². The van der Waals surface area contributed by atoms with E-state index in [2.05, 4.69) is 9.97 Å². The van der Waals surface area contributed by atoms with E-state index in [0.29, 0.717) is 23.3 Å². The molecule has 0 unspecified atom stereocenters. The molecule has 1 amide bonds. The number of primary amides is 1. The molecule has 6 nitrogen and oxygen atoms in total. The second-order valence-electron chi connectivity index (χ2n) is 7.26. The maximum absolute atomic E-state index is 12.4. The van der Waals surface area contributed by atoms with Crippen molar-refractivity contribution in [2.45, 2.75) is 45.2 Å². The first kappa shape index (κ1) is 15.7. The minimum absolute atomic E-state index is 0.394. The summed E-state index contributed by atoms with van der Waals surface area (Å²) >= 11 is 0. The van der Waals surface area contributed by atoms with Crippen molar-refractivity contribution in [3.63, 3.8) is 0 Å². The predicted octanol–water partition coefficient (Wildman–Crippen LogP) is 2.65. The van der Waals surface area contributed by atoms with Crippen LogP contribution in [-0.4, -0.2) is 32.0 Å². The van der Waals surface area contributed by atoms with Crippen molar-refractivity contribution in [1.82, 2.24) is 15.0 Å². The van der Waals surface area contributed by atoms with E-state index in [1.165, 1.54) is 0 Å². The number of H-pyrrole nitrogens is 1. The lowest BCUT2D eigenvalue weighted by Gasteiger charge is -2.45. The van der Waals surface area contributed by atoms with Gasteiger partial charge in [-0.05, 0) is 51.8 Å². The van der Waals surface area contributed by atoms with Gasteiger partial charge < -0.3 is 10.7 Å². The minimum Gasteiger partial charge on any atom is -0.366 e. The number of rotatable bonds is 2. The molecule has 3 rings (SSSR count). The van der Waals surface area contributed by atoms with Crippen LogP contribution in [0, 0.1) is 0 Å². The summed E-state index contributed by atoms with van der Waals surface area (Å²) in [5.74, 6) is 0.181. The van der Waals surface area contributed by atoms with Gasteiger partial charge in [0.15, 0.2) is 0 Å². The molecule has 1 aromatic carbocycles. The van der Waals surface area contributed by atoms with Crippen molar-refractivity contribution in [1.29, 1.82) is 0 Å². The van der Waals surface area contributed by atoms with Crippen LogP contribution in [0.3, 0.4) is 0 Å². The zero-order chi connectivity index (χ0) is 17.0. The summed E-state index contributed by atoms with van der Waals surface area (Å²) in [6.07, 6.45) is 2.51. The zero-order valence-electron chi connectivity index (χ0n) is 13.8. The lowest BCUT2D eigenvalue weighted by atomic mass is 9.82. The summed E-state index contributed by atoms with van der Waals surface area (Å²) in [4.78, 5) is 19.4. The van der Waals surface area contributed by atoms with Gasteiger partial charge in [0, 0.05) is 5.54 Å². The van der Waals surface area contributed by atoms with Gasteiger partial charge in [-0.2, -0.15) is 0 Å². The molecule has 2 heterocycles. The van der Waals surface area contributed by atoms with Gasteiger partial charge in [0.1, 0.15) is 11.3 Å². The van der Waals surface area contributed by atoms with Gasteiger partial charge in [-0.15, -0.1) is 10.3 Å². The van der Waals surface area contributed by atoms with Gasteiger partial charge in [0.2, 0.25) is 0 Å². The van der Waals surface area contributed by atoms with Gasteiger partial charge >= 0.3 is 0 Å². The van der Waals surface area contributed by atoms with Crippen LogP contribution in [0.5, 0.6) is 0 Å². The molecule has 0 saturated carbocycles. The van der Waals surface area contributed by atoms with E-state index in [0.717, 1.165) is 16.2 Å². The van der Waals surface area contributed by atoms with Crippen LogP contribution in [-0.2, 0) is 5.21 Å². The number of carbonyl (C=O) groups is 1. The maximum Gasteiger partial charge on any atom is 0.250 e. The van der Waals surface area contributed by atoms with Crippen LogP contribution in [0.15, 0.2) is 24.3 Å². The maximum atomic E-state index is 12.4. The number of fused-ring (bicyclic) bond motifs is 1. The molecule has 0 bridgehead atoms. The van der Waals surface area contributed by atoms with Crippen molar-refractivity contribution in [3.05, 3.63) is 35.7 Å². The Hall–Kier alpha value is -2.18. The lowest BCUT2D eigenvalue weighted by Crippen LogP contribution is -2.54. The zero-order valence-corrected chi connectivity index (χ0v) is 13.8. The molecule has 1 aliphatic rings. The summed E-state index contributed by atoms with van der Waals surface area (Å²) in [7, 11) is 0. The van der Waals surface area contributed by atoms with E-state index in [-0.39, 0.29) is 0 Å². The molecular weight excluding hydrogens is 292 g/mol. The molecule has 23 heavy (non-hydrogen) atoms. The number of benzene rings is 1. The predicted molar refractivity (Wildman–Crippen MR) is 87.9 cm³/mol. The standard InChI is InChI=1S/C17H21N4O2/c1-16(2)8-10(9-17(3,4)21(16)23)15-19-12-7-5-6-11(14(18)22)13(12)20-15/h5-8H,9H2,1-4H3,(H2,18,22)(H,19,20). The smallest absolute Gasteiger partial charge is 0.250 e. The average Bonchev–Trinajstić information content (AvgIpc) is 2.87. The van der Waals surface area contributed by atoms with E-state index in [1.807, 2.05) is 39.8 Å². The molecule has 121 valence electrons. The highest BCUT2D eigenvalue weighted by Crippen LogP contribution is 2.39. The van der Waals surface area contributed by atoms with E-state index in [9.17, 15) is 10.0 Å². The Labute approximate surface area is 135 Å². The molecule has 1 aliphatic heterocycles. The average molecular weight is 313 g/mol. The normalized spacial score (nSPS) is 20.5. The molecule has 0 fully saturated rings. The van der Waals surface area contributed by atoms with Crippen LogP contribution in [0.25, 0.3) is 16.6 Å². The number of amides is 1. The van der Waals surface area contributed by atoms with Crippen molar-refractivity contribution in [3.8, 4) is 0 Å². The van der Waals surface area contributed by atoms with Crippen LogP contribution in [0.1, 0.15) is 50.3 Å². The second kappa shape index (κ2) is 4.91. The van der Waals surface area contributed by atoms with Crippen molar-refractivity contribution < 1.29 is 10.0 Å². The Morgan fingerprint density at radius 1 is 1.30 bits per heavy atom. The summed E-state index contributed by atoms with van der Waals surface area (Å²) in [5, 5.41) is 13.6. The van der Waals surface area contributed by atoms with Gasteiger partial charge in [-0.3, -0.25) is 4.79 Å². The van der Waals surface area contributed by atoms with Gasteiger partial charge in [-0.1, -0.05) is 12.1 Å². The first-order valence-corrected chi connectivity index (χ1v) is 7.60. The summed E-state index contributed by atoms with van der Waals surface area (Å²) in [6, 6.07) is 5.29. The fourth-order valence-electron chi connectivity index (χ4n) is 3.39. The number of nitrogens with one attached hydrogen (secondary N) is 1. The molecule has 1 radical (unpaired) electrons. The highest BCUT2D eigenvalue weighted by molar-refractivity contribution is 6.04. The first-order chi connectivity index (χ1) is 10.6. The Bertz CT molecular complexity index is 817. The fourth-order valence-corrected chi connectivity index (χ4v) is 3.39. The largest absolute Gasteiger partial charge is 0.366 e. The number of aromatic amines is 1. The summed E-state index contributed by atoms with van der Waals surface area (Å²) < 4.78 is 0. The molecule has 6 heteroatoms. The second-order valence-corrected chi connectivity index (χ2v) is 7.26. The number of hydrogen-bond acceptors (Lipinski definition) is 3. The number of nitrogens with two attached hydrogens (primary N) is 1. The molecule has 0 spiro atoms. The number of nitrogens with zero attached hydrogens (tertiary/aromatic N) is 2. The quantitative estimate of drug-likeness (QED) is 0.892. The third kappa shape index (κ3) is 2.54. The lowest BCUT2D eigenvalue weighted by molar-refractivity contribution is -0.260. The van der Waals surface area contributed by atoms with Crippen molar-refractivity contribution in [2.75, 3.05) is 0 Å². The third-order valence-corrected chi connectivity index (χ3v) is 4.31. The van der Waals surface area contributed by atoms with Crippen LogP contribution >= 0.6 is 0 Å². The van der Waals surface area contributed by atoms with Crippen LogP contribution < -0.4 is 5.73 Å². The number of hydroxylamine groups is 2. The topological polar surface area (TPSA) is 94.9 Å². The molecular formula is C17H21N4O2. The Morgan fingerprint density at radius 2 is 2.00 bits per heavy atom. The number of para-hydroxylation sites is 1. The van der Waals surface area contributed by atoms with E-state index >= 15 is 0 Å². The van der Waals surface area contributed by atoms with Gasteiger partial charge in [0.25, 0.3) is 5.91 Å². The van der Waals surface area contributed by atoms with Gasteiger partial charge in [-0.25, -0.2) is 4.98 Å². The van der Waals surface area contributed by atoms with Gasteiger partial charge in [0.05, 0.1) is 16.6 Å². The summed E-state index contributed by atoms with van der Waals surface area (Å²) in [5.41, 5.74) is 6.96. The highest BCUT2D eigenvalue weighted by Gasteiger charge is 2.42. The van der Waals surface area contributed by atoms with E-state index in [4.69, 9.17) is 5.73 Å². The van der Waals surface area contributed by atoms with E-state index < -0.39 is 17.0 Å². The SMILES string of the molecule is CC1(C)C=C(c2nc3c(C(N)=O)cccc3[nH]2)CC(C)(C)N1[O]. The Kier molecular flexibility index (Phi) is 3.35. The molecule has 0 aliphatic carbocycles. The third-order valence-electron chi connectivity index (χ3n) is 4.31. The van der Waals surface area contributed by atoms with E-state index in [1.54, 1.807) is 12.1 Å². The monoisotopic (exact) mass is 313 g/mol. The van der Waals surface area contributed by atoms with Crippen LogP contribution in [0.4, 0.5) is 0 Å². The molecule has 0 saturated heterocycles. The Morgan fingerprint density at radius 3 is 2.61 bits per heavy atom. The highest BCUT2D eigenvalue weighted by atomic mass is 16.5. The number of aromatic nitrogens is 2. The molecule has 0 atom stereocenters. The fraction of sp³-hybridized carbons (Fsp3) is 0.412.